The molecule has 0 saturated carbocycles. The van der Waals surface area contributed by atoms with E-state index in [9.17, 15) is 4.79 Å². The molecule has 3 rings (SSSR count). The molecule has 1 aromatic carbocycles. The van der Waals surface area contributed by atoms with E-state index in [1.807, 2.05) is 30.3 Å². The molecule has 1 aromatic rings. The molecule has 2 aliphatic heterocycles. The van der Waals surface area contributed by atoms with Crippen molar-refractivity contribution >= 4 is 5.97 Å². The quantitative estimate of drug-likeness (QED) is 0.639. The molecule has 0 aliphatic carbocycles. The van der Waals surface area contributed by atoms with Crippen molar-refractivity contribution in [3.05, 3.63) is 35.9 Å². The first-order chi connectivity index (χ1) is 9.76. The van der Waals surface area contributed by atoms with Gasteiger partial charge in [0.15, 0.2) is 0 Å². The molecule has 5 nitrogen and oxygen atoms in total. The highest BCUT2D eigenvalue weighted by molar-refractivity contribution is 5.84. The van der Waals surface area contributed by atoms with E-state index >= 15 is 0 Å². The van der Waals surface area contributed by atoms with Crippen LogP contribution in [0.4, 0.5) is 0 Å². The van der Waals surface area contributed by atoms with E-state index in [2.05, 4.69) is 5.32 Å². The van der Waals surface area contributed by atoms with Crippen LogP contribution in [-0.4, -0.2) is 43.5 Å². The van der Waals surface area contributed by atoms with Crippen LogP contribution in [0.3, 0.4) is 0 Å². The number of hydrogen-bond acceptors (Lipinski definition) is 5. The standard InChI is InChI=1S/C15H19NO4/c1-2-18-14(17)15-10-16-8-12(13(15)20-15)19-9-11-6-4-3-5-7-11/h3-7,12-13,16H,2,8-10H2,1H3/t12-,13+,15-/m1/s1. The van der Waals surface area contributed by atoms with Gasteiger partial charge in [-0.05, 0) is 12.5 Å². The molecule has 0 unspecified atom stereocenters. The molecular weight excluding hydrogens is 258 g/mol. The molecule has 20 heavy (non-hydrogen) atoms. The average Bonchev–Trinajstić information content (AvgIpc) is 3.23. The highest BCUT2D eigenvalue weighted by atomic mass is 16.7. The van der Waals surface area contributed by atoms with Gasteiger partial charge >= 0.3 is 5.97 Å². The fraction of sp³-hybridized carbons (Fsp3) is 0.533. The third kappa shape index (κ3) is 2.44. The summed E-state index contributed by atoms with van der Waals surface area (Å²) in [6, 6.07) is 9.97. The third-order valence-electron chi connectivity index (χ3n) is 3.74. The molecule has 2 fully saturated rings. The summed E-state index contributed by atoms with van der Waals surface area (Å²) < 4.78 is 16.6. The van der Waals surface area contributed by atoms with Crippen molar-refractivity contribution in [2.24, 2.45) is 0 Å². The van der Waals surface area contributed by atoms with Gasteiger partial charge in [-0.2, -0.15) is 0 Å². The number of epoxide rings is 1. The second-order valence-electron chi connectivity index (χ2n) is 5.11. The fourth-order valence-electron chi connectivity index (χ4n) is 2.63. The van der Waals surface area contributed by atoms with E-state index in [1.165, 1.54) is 0 Å². The minimum absolute atomic E-state index is 0.117. The Bertz CT molecular complexity index is 478. The van der Waals surface area contributed by atoms with E-state index in [0.717, 1.165) is 5.56 Å². The number of piperidine rings is 1. The number of benzene rings is 1. The van der Waals surface area contributed by atoms with Gasteiger partial charge in [-0.3, -0.25) is 0 Å². The van der Waals surface area contributed by atoms with E-state index in [4.69, 9.17) is 14.2 Å². The number of rotatable bonds is 5. The van der Waals surface area contributed by atoms with Gasteiger partial charge in [0.1, 0.15) is 12.2 Å². The Kier molecular flexibility index (Phi) is 3.74. The van der Waals surface area contributed by atoms with E-state index < -0.39 is 5.60 Å². The molecule has 0 bridgehead atoms. The van der Waals surface area contributed by atoms with E-state index in [-0.39, 0.29) is 18.2 Å². The second kappa shape index (κ2) is 5.52. The molecule has 108 valence electrons. The monoisotopic (exact) mass is 277 g/mol. The Labute approximate surface area is 118 Å². The summed E-state index contributed by atoms with van der Waals surface area (Å²) >= 11 is 0. The van der Waals surface area contributed by atoms with E-state index in [0.29, 0.717) is 26.3 Å². The van der Waals surface area contributed by atoms with E-state index in [1.54, 1.807) is 6.92 Å². The lowest BCUT2D eigenvalue weighted by atomic mass is 9.97. The summed E-state index contributed by atoms with van der Waals surface area (Å²) in [6.45, 7) is 3.88. The van der Waals surface area contributed by atoms with Gasteiger partial charge in [0, 0.05) is 13.1 Å². The number of ether oxygens (including phenoxy) is 3. The van der Waals surface area contributed by atoms with Crippen LogP contribution in [0.25, 0.3) is 0 Å². The van der Waals surface area contributed by atoms with Gasteiger partial charge in [-0.15, -0.1) is 0 Å². The largest absolute Gasteiger partial charge is 0.464 e. The fourth-order valence-corrected chi connectivity index (χ4v) is 2.63. The zero-order chi connectivity index (χ0) is 14.0. The average molecular weight is 277 g/mol. The highest BCUT2D eigenvalue weighted by Crippen LogP contribution is 2.42. The Balaban J connectivity index is 1.58. The zero-order valence-corrected chi connectivity index (χ0v) is 11.5. The van der Waals surface area contributed by atoms with Gasteiger partial charge < -0.3 is 19.5 Å². The first kappa shape index (κ1) is 13.5. The van der Waals surface area contributed by atoms with Crippen molar-refractivity contribution in [3.63, 3.8) is 0 Å². The molecule has 2 saturated heterocycles. The zero-order valence-electron chi connectivity index (χ0n) is 11.5. The summed E-state index contributed by atoms with van der Waals surface area (Å²) in [7, 11) is 0. The van der Waals surface area contributed by atoms with Crippen LogP contribution in [0, 0.1) is 0 Å². The summed E-state index contributed by atoms with van der Waals surface area (Å²) in [5, 5.41) is 3.19. The lowest BCUT2D eigenvalue weighted by Gasteiger charge is -2.24. The molecule has 2 aliphatic rings. The molecule has 2 heterocycles. The first-order valence-electron chi connectivity index (χ1n) is 6.97. The Morgan fingerprint density at radius 3 is 3.00 bits per heavy atom. The first-order valence-corrected chi connectivity index (χ1v) is 6.97. The lowest BCUT2D eigenvalue weighted by Crippen LogP contribution is -2.51. The molecule has 0 radical (unpaired) electrons. The van der Waals surface area contributed by atoms with Crippen molar-refractivity contribution in [2.75, 3.05) is 19.7 Å². The normalized spacial score (nSPS) is 31.4. The number of carbonyl (C=O) groups is 1. The third-order valence-corrected chi connectivity index (χ3v) is 3.74. The summed E-state index contributed by atoms with van der Waals surface area (Å²) in [5.41, 5.74) is 0.288. The second-order valence-corrected chi connectivity index (χ2v) is 5.11. The predicted molar refractivity (Wildman–Crippen MR) is 72.1 cm³/mol. The molecular formula is C15H19NO4. The molecule has 0 aromatic heterocycles. The maximum Gasteiger partial charge on any atom is 0.342 e. The number of carbonyl (C=O) groups excluding carboxylic acids is 1. The van der Waals surface area contributed by atoms with Gasteiger partial charge in [0.2, 0.25) is 5.60 Å². The van der Waals surface area contributed by atoms with Gasteiger partial charge in [-0.25, -0.2) is 4.79 Å². The summed E-state index contributed by atoms with van der Waals surface area (Å²) in [4.78, 5) is 11.9. The van der Waals surface area contributed by atoms with Crippen molar-refractivity contribution in [3.8, 4) is 0 Å². The molecule has 1 N–H and O–H groups in total. The predicted octanol–water partition coefficient (Wildman–Crippen LogP) is 0.876. The van der Waals surface area contributed by atoms with Crippen molar-refractivity contribution in [1.82, 2.24) is 5.32 Å². The van der Waals surface area contributed by atoms with Crippen molar-refractivity contribution in [2.45, 2.75) is 31.3 Å². The SMILES string of the molecule is CCOC(=O)[C@@]12CNC[C@@H](OCc3ccccc3)[C@@H]1O2. The summed E-state index contributed by atoms with van der Waals surface area (Å²) in [6.07, 6.45) is -0.306. The van der Waals surface area contributed by atoms with Crippen LogP contribution in [-0.2, 0) is 25.6 Å². The molecule has 0 spiro atoms. The Morgan fingerprint density at radius 2 is 2.25 bits per heavy atom. The van der Waals surface area contributed by atoms with Gasteiger partial charge in [-0.1, -0.05) is 30.3 Å². The number of nitrogens with one attached hydrogen (secondary N) is 1. The number of hydrogen-bond donors (Lipinski definition) is 1. The Morgan fingerprint density at radius 1 is 1.45 bits per heavy atom. The van der Waals surface area contributed by atoms with Crippen LogP contribution >= 0.6 is 0 Å². The summed E-state index contributed by atoms with van der Waals surface area (Å²) in [5.74, 6) is -0.287. The lowest BCUT2D eigenvalue weighted by molar-refractivity contribution is -0.149. The minimum Gasteiger partial charge on any atom is -0.464 e. The molecule has 5 heteroatoms. The van der Waals surface area contributed by atoms with Crippen molar-refractivity contribution < 1.29 is 19.0 Å². The number of fused-ring (bicyclic) bond motifs is 1. The van der Waals surface area contributed by atoms with Crippen LogP contribution in [0.1, 0.15) is 12.5 Å². The topological polar surface area (TPSA) is 60.1 Å². The van der Waals surface area contributed by atoms with Crippen LogP contribution < -0.4 is 5.32 Å². The molecule has 3 atom stereocenters. The van der Waals surface area contributed by atoms with Crippen molar-refractivity contribution in [1.29, 1.82) is 0 Å². The van der Waals surface area contributed by atoms with Crippen LogP contribution in [0.2, 0.25) is 0 Å². The van der Waals surface area contributed by atoms with Gasteiger partial charge in [0.25, 0.3) is 0 Å². The minimum atomic E-state index is -0.824. The smallest absolute Gasteiger partial charge is 0.342 e. The number of esters is 1. The maximum absolute atomic E-state index is 11.9. The van der Waals surface area contributed by atoms with Gasteiger partial charge in [0.05, 0.1) is 13.2 Å². The Hall–Kier alpha value is -1.43. The maximum atomic E-state index is 11.9. The molecule has 0 amide bonds. The van der Waals surface area contributed by atoms with Crippen LogP contribution in [0.5, 0.6) is 0 Å². The highest BCUT2D eigenvalue weighted by Gasteiger charge is 2.68. The van der Waals surface area contributed by atoms with Crippen LogP contribution in [0.15, 0.2) is 30.3 Å².